The quantitative estimate of drug-likeness (QED) is 0.789. The Bertz CT molecular complexity index is 649. The van der Waals surface area contributed by atoms with E-state index in [4.69, 9.17) is 10.2 Å². The van der Waals surface area contributed by atoms with E-state index in [-0.39, 0.29) is 12.2 Å². The van der Waals surface area contributed by atoms with Crippen molar-refractivity contribution < 1.29 is 18.7 Å². The molecule has 6 nitrogen and oxygen atoms in total. The van der Waals surface area contributed by atoms with Crippen LogP contribution in [-0.4, -0.2) is 19.0 Å². The van der Waals surface area contributed by atoms with E-state index in [1.165, 1.54) is 13.4 Å². The second-order valence-corrected chi connectivity index (χ2v) is 4.42. The topological polar surface area (TPSA) is 94.6 Å². The zero-order valence-electron chi connectivity index (χ0n) is 11.6. The van der Waals surface area contributed by atoms with Crippen molar-refractivity contribution in [2.24, 2.45) is 5.73 Å². The van der Waals surface area contributed by atoms with Gasteiger partial charge in [-0.05, 0) is 17.7 Å². The summed E-state index contributed by atoms with van der Waals surface area (Å²) in [6, 6.07) is 9.04. The lowest BCUT2D eigenvalue weighted by atomic mass is 10.1. The summed E-state index contributed by atoms with van der Waals surface area (Å²) in [6.07, 6.45) is 1.58. The summed E-state index contributed by atoms with van der Waals surface area (Å²) in [5.41, 5.74) is 7.48. The van der Waals surface area contributed by atoms with Crippen LogP contribution in [0.1, 0.15) is 21.7 Å². The van der Waals surface area contributed by atoms with Gasteiger partial charge in [0.25, 0.3) is 0 Å². The van der Waals surface area contributed by atoms with E-state index < -0.39 is 11.9 Å². The fourth-order valence-corrected chi connectivity index (χ4v) is 1.97. The monoisotopic (exact) mass is 288 g/mol. The smallest absolute Gasteiger partial charge is 0.374 e. The van der Waals surface area contributed by atoms with E-state index in [1.807, 2.05) is 24.3 Å². The van der Waals surface area contributed by atoms with Crippen molar-refractivity contribution >= 4 is 17.6 Å². The van der Waals surface area contributed by atoms with E-state index >= 15 is 0 Å². The molecule has 2 rings (SSSR count). The summed E-state index contributed by atoms with van der Waals surface area (Å²) >= 11 is 0. The second kappa shape index (κ2) is 6.60. The molecule has 0 radical (unpaired) electrons. The fourth-order valence-electron chi connectivity index (χ4n) is 1.97. The summed E-state index contributed by atoms with van der Waals surface area (Å²) in [6.45, 7) is 0.372. The first-order valence-electron chi connectivity index (χ1n) is 6.36. The number of hydrogen-bond acceptors (Lipinski definition) is 5. The van der Waals surface area contributed by atoms with Crippen LogP contribution in [0.25, 0.3) is 0 Å². The number of nitrogens with one attached hydrogen (secondary N) is 1. The highest BCUT2D eigenvalue weighted by Crippen LogP contribution is 2.18. The molecule has 21 heavy (non-hydrogen) atoms. The highest BCUT2D eigenvalue weighted by atomic mass is 16.5. The number of carbonyl (C=O) groups excluding carboxylic acids is 2. The maximum absolute atomic E-state index is 11.5. The molecule has 0 saturated carbocycles. The van der Waals surface area contributed by atoms with Crippen LogP contribution in [0.15, 0.2) is 41.0 Å². The Balaban J connectivity index is 2.12. The molecule has 3 N–H and O–H groups in total. The standard InChI is InChI=1S/C15H16N2O4/c1-20-15(19)14-11(6-7-21-14)9-17-12-5-3-2-4-10(12)8-13(16)18/h2-7,17H,8-9H2,1H3,(H2,16,18). The summed E-state index contributed by atoms with van der Waals surface area (Å²) in [5, 5.41) is 3.16. The Hall–Kier alpha value is -2.76. The highest BCUT2D eigenvalue weighted by molar-refractivity contribution is 5.88. The molecule has 110 valence electrons. The molecule has 0 aliphatic heterocycles. The first-order valence-corrected chi connectivity index (χ1v) is 6.36. The zero-order valence-corrected chi connectivity index (χ0v) is 11.6. The Morgan fingerprint density at radius 3 is 2.71 bits per heavy atom. The van der Waals surface area contributed by atoms with E-state index in [9.17, 15) is 9.59 Å². The molecule has 0 saturated heterocycles. The van der Waals surface area contributed by atoms with Gasteiger partial charge in [0.1, 0.15) is 0 Å². The zero-order chi connectivity index (χ0) is 15.2. The van der Waals surface area contributed by atoms with Gasteiger partial charge in [0.05, 0.1) is 19.8 Å². The van der Waals surface area contributed by atoms with Crippen LogP contribution in [0.5, 0.6) is 0 Å². The van der Waals surface area contributed by atoms with Crippen LogP contribution >= 0.6 is 0 Å². The third-order valence-corrected chi connectivity index (χ3v) is 2.97. The number of hydrogen-bond donors (Lipinski definition) is 2. The molecule has 0 atom stereocenters. The van der Waals surface area contributed by atoms with Gasteiger partial charge in [0.15, 0.2) is 0 Å². The molecule has 0 bridgehead atoms. The maximum atomic E-state index is 11.5. The SMILES string of the molecule is COC(=O)c1occc1CNc1ccccc1CC(N)=O. The first kappa shape index (κ1) is 14.6. The van der Waals surface area contributed by atoms with E-state index in [2.05, 4.69) is 10.1 Å². The number of para-hydroxylation sites is 1. The van der Waals surface area contributed by atoms with E-state index in [0.29, 0.717) is 12.1 Å². The number of primary amides is 1. The molecule has 1 heterocycles. The van der Waals surface area contributed by atoms with Gasteiger partial charge in [-0.1, -0.05) is 18.2 Å². The lowest BCUT2D eigenvalue weighted by molar-refractivity contribution is -0.117. The lowest BCUT2D eigenvalue weighted by Gasteiger charge is -2.10. The minimum atomic E-state index is -0.526. The molecule has 0 spiro atoms. The number of carbonyl (C=O) groups is 2. The van der Waals surface area contributed by atoms with Crippen molar-refractivity contribution in [2.45, 2.75) is 13.0 Å². The fraction of sp³-hybridized carbons (Fsp3) is 0.200. The van der Waals surface area contributed by atoms with Gasteiger partial charge < -0.3 is 20.2 Å². The Morgan fingerprint density at radius 2 is 2.00 bits per heavy atom. The number of amides is 1. The van der Waals surface area contributed by atoms with Crippen LogP contribution in [-0.2, 0) is 22.5 Å². The lowest BCUT2D eigenvalue weighted by Crippen LogP contribution is -2.15. The molecule has 0 fully saturated rings. The molecule has 6 heteroatoms. The Labute approximate surface area is 121 Å². The van der Waals surface area contributed by atoms with Crippen LogP contribution in [0.4, 0.5) is 5.69 Å². The average Bonchev–Trinajstić information content (AvgIpc) is 2.93. The van der Waals surface area contributed by atoms with Gasteiger partial charge in [0, 0.05) is 17.8 Å². The maximum Gasteiger partial charge on any atom is 0.374 e. The number of benzene rings is 1. The summed E-state index contributed by atoms with van der Waals surface area (Å²) in [4.78, 5) is 22.6. The molecule has 2 aromatic rings. The van der Waals surface area contributed by atoms with Crippen molar-refractivity contribution in [3.63, 3.8) is 0 Å². The largest absolute Gasteiger partial charge is 0.463 e. The Morgan fingerprint density at radius 1 is 1.24 bits per heavy atom. The summed E-state index contributed by atoms with van der Waals surface area (Å²) < 4.78 is 9.75. The average molecular weight is 288 g/mol. The third-order valence-electron chi connectivity index (χ3n) is 2.97. The first-order chi connectivity index (χ1) is 10.1. The summed E-state index contributed by atoms with van der Waals surface area (Å²) in [5.74, 6) is -0.762. The molecule has 0 aliphatic carbocycles. The van der Waals surface area contributed by atoms with Gasteiger partial charge in [0.2, 0.25) is 11.7 Å². The second-order valence-electron chi connectivity index (χ2n) is 4.42. The number of methoxy groups -OCH3 is 1. The van der Waals surface area contributed by atoms with Crippen LogP contribution in [0, 0.1) is 0 Å². The van der Waals surface area contributed by atoms with E-state index in [1.54, 1.807) is 6.07 Å². The van der Waals surface area contributed by atoms with Crippen molar-refractivity contribution in [1.29, 1.82) is 0 Å². The van der Waals surface area contributed by atoms with Crippen LogP contribution < -0.4 is 11.1 Å². The number of nitrogens with two attached hydrogens (primary N) is 1. The normalized spacial score (nSPS) is 10.1. The minimum Gasteiger partial charge on any atom is -0.463 e. The van der Waals surface area contributed by atoms with Gasteiger partial charge in [-0.3, -0.25) is 4.79 Å². The van der Waals surface area contributed by atoms with Crippen molar-refractivity contribution in [3.05, 3.63) is 53.5 Å². The number of rotatable bonds is 6. The molecule has 1 aromatic carbocycles. The van der Waals surface area contributed by atoms with Crippen molar-refractivity contribution in [1.82, 2.24) is 0 Å². The molecule has 1 aromatic heterocycles. The molecule has 0 unspecified atom stereocenters. The summed E-state index contributed by atoms with van der Waals surface area (Å²) in [7, 11) is 1.30. The van der Waals surface area contributed by atoms with Gasteiger partial charge in [-0.2, -0.15) is 0 Å². The Kier molecular flexibility index (Phi) is 4.61. The molecular formula is C15H16N2O4. The van der Waals surface area contributed by atoms with Crippen LogP contribution in [0.3, 0.4) is 0 Å². The molecular weight excluding hydrogens is 272 g/mol. The minimum absolute atomic E-state index is 0.151. The predicted molar refractivity (Wildman–Crippen MR) is 76.7 cm³/mol. The van der Waals surface area contributed by atoms with Gasteiger partial charge >= 0.3 is 5.97 Å². The highest BCUT2D eigenvalue weighted by Gasteiger charge is 2.15. The van der Waals surface area contributed by atoms with Crippen molar-refractivity contribution in [2.75, 3.05) is 12.4 Å². The number of anilines is 1. The third kappa shape index (κ3) is 3.62. The predicted octanol–water partition coefficient (Wildman–Crippen LogP) is 1.71. The number of esters is 1. The van der Waals surface area contributed by atoms with Gasteiger partial charge in [-0.25, -0.2) is 4.79 Å². The molecule has 0 aliphatic rings. The van der Waals surface area contributed by atoms with Crippen LogP contribution in [0.2, 0.25) is 0 Å². The molecule has 1 amide bonds. The number of ether oxygens (including phenoxy) is 1. The van der Waals surface area contributed by atoms with Crippen molar-refractivity contribution in [3.8, 4) is 0 Å². The number of furan rings is 1. The van der Waals surface area contributed by atoms with E-state index in [0.717, 1.165) is 11.3 Å². The van der Waals surface area contributed by atoms with Gasteiger partial charge in [-0.15, -0.1) is 0 Å².